The van der Waals surface area contributed by atoms with Crippen molar-refractivity contribution in [2.24, 2.45) is 5.73 Å². The van der Waals surface area contributed by atoms with Gasteiger partial charge in [-0.05, 0) is 18.2 Å². The van der Waals surface area contributed by atoms with Crippen LogP contribution in [0, 0.1) is 5.82 Å². The number of aromatic nitrogens is 2. The summed E-state index contributed by atoms with van der Waals surface area (Å²) in [4.78, 5) is 7.13. The largest absolute Gasteiger partial charge is 0.341 e. The van der Waals surface area contributed by atoms with Crippen molar-refractivity contribution < 1.29 is 4.39 Å². The number of hydrogen-bond acceptors (Lipinski definition) is 2. The van der Waals surface area contributed by atoms with Crippen molar-refractivity contribution in [3.63, 3.8) is 0 Å². The Balaban J connectivity index is 2.44. The second-order valence-electron chi connectivity index (χ2n) is 3.12. The number of benzene rings is 1. The molecular weight excluding hydrogens is 261 g/mol. The zero-order valence-corrected chi connectivity index (χ0v) is 9.38. The van der Waals surface area contributed by atoms with Crippen LogP contribution in [0.2, 0.25) is 0 Å². The molecule has 2 rings (SSSR count). The first kappa shape index (κ1) is 10.3. The van der Waals surface area contributed by atoms with Gasteiger partial charge in [0, 0.05) is 28.5 Å². The number of rotatable bonds is 2. The van der Waals surface area contributed by atoms with Crippen molar-refractivity contribution in [2.45, 2.75) is 6.54 Å². The van der Waals surface area contributed by atoms with Crippen molar-refractivity contribution >= 4 is 15.9 Å². The normalized spacial score (nSPS) is 10.6. The number of hydrogen-bond donors (Lipinski definition) is 2. The molecule has 3 N–H and O–H groups in total. The topological polar surface area (TPSA) is 54.7 Å². The van der Waals surface area contributed by atoms with Gasteiger partial charge < -0.3 is 10.7 Å². The summed E-state index contributed by atoms with van der Waals surface area (Å²) < 4.78 is 13.8. The Morgan fingerprint density at radius 2 is 2.20 bits per heavy atom. The molecule has 1 aromatic carbocycles. The van der Waals surface area contributed by atoms with Gasteiger partial charge in [0.25, 0.3) is 0 Å². The lowest BCUT2D eigenvalue weighted by Crippen LogP contribution is -1.95. The Morgan fingerprint density at radius 3 is 2.80 bits per heavy atom. The second kappa shape index (κ2) is 4.12. The minimum atomic E-state index is -0.301. The van der Waals surface area contributed by atoms with Crippen LogP contribution in [0.1, 0.15) is 5.69 Å². The first-order valence-corrected chi connectivity index (χ1v) is 5.19. The van der Waals surface area contributed by atoms with E-state index < -0.39 is 0 Å². The van der Waals surface area contributed by atoms with Gasteiger partial charge in [-0.15, -0.1) is 0 Å². The number of nitrogens with two attached hydrogens (primary N) is 1. The van der Waals surface area contributed by atoms with E-state index in [-0.39, 0.29) is 5.82 Å². The molecule has 0 aliphatic rings. The Labute approximate surface area is 94.7 Å². The molecule has 1 heterocycles. The van der Waals surface area contributed by atoms with Crippen LogP contribution in [-0.2, 0) is 6.54 Å². The summed E-state index contributed by atoms with van der Waals surface area (Å²) >= 11 is 3.23. The van der Waals surface area contributed by atoms with Gasteiger partial charge >= 0.3 is 0 Å². The fourth-order valence-corrected chi connectivity index (χ4v) is 1.77. The lowest BCUT2D eigenvalue weighted by molar-refractivity contribution is 0.627. The highest BCUT2D eigenvalue weighted by Gasteiger charge is 2.05. The van der Waals surface area contributed by atoms with E-state index in [1.54, 1.807) is 12.3 Å². The fourth-order valence-electron chi connectivity index (χ4n) is 1.30. The third kappa shape index (κ3) is 2.24. The monoisotopic (exact) mass is 269 g/mol. The van der Waals surface area contributed by atoms with Gasteiger partial charge in [-0.2, -0.15) is 0 Å². The van der Waals surface area contributed by atoms with Crippen LogP contribution in [-0.4, -0.2) is 9.97 Å². The van der Waals surface area contributed by atoms with Gasteiger partial charge in [-0.25, -0.2) is 9.37 Å². The van der Waals surface area contributed by atoms with Gasteiger partial charge in [0.1, 0.15) is 11.6 Å². The van der Waals surface area contributed by atoms with Gasteiger partial charge in [-0.1, -0.05) is 15.9 Å². The van der Waals surface area contributed by atoms with Gasteiger partial charge in [0.15, 0.2) is 0 Å². The first-order valence-electron chi connectivity index (χ1n) is 4.39. The molecule has 5 heteroatoms. The number of halogens is 2. The molecule has 0 saturated heterocycles. The summed E-state index contributed by atoms with van der Waals surface area (Å²) in [7, 11) is 0. The number of aromatic amines is 1. The minimum absolute atomic E-state index is 0.301. The van der Waals surface area contributed by atoms with E-state index >= 15 is 0 Å². The molecule has 0 radical (unpaired) electrons. The smallest absolute Gasteiger partial charge is 0.137 e. The van der Waals surface area contributed by atoms with Crippen LogP contribution in [0.4, 0.5) is 4.39 Å². The van der Waals surface area contributed by atoms with Crippen molar-refractivity contribution in [3.05, 3.63) is 40.4 Å². The zero-order valence-electron chi connectivity index (χ0n) is 7.80. The van der Waals surface area contributed by atoms with Crippen LogP contribution >= 0.6 is 15.9 Å². The highest BCUT2D eigenvalue weighted by atomic mass is 79.9. The van der Waals surface area contributed by atoms with Crippen molar-refractivity contribution in [3.8, 4) is 11.4 Å². The maximum absolute atomic E-state index is 13.1. The Morgan fingerprint density at radius 1 is 1.40 bits per heavy atom. The zero-order chi connectivity index (χ0) is 10.8. The lowest BCUT2D eigenvalue weighted by atomic mass is 10.2. The molecule has 0 aliphatic heterocycles. The fraction of sp³-hybridized carbons (Fsp3) is 0.100. The molecule has 15 heavy (non-hydrogen) atoms. The first-order chi connectivity index (χ1) is 7.19. The molecule has 0 fully saturated rings. The molecule has 0 atom stereocenters. The third-order valence-corrected chi connectivity index (χ3v) is 2.44. The summed E-state index contributed by atoms with van der Waals surface area (Å²) in [5.74, 6) is 0.320. The molecule has 0 spiro atoms. The molecule has 0 unspecified atom stereocenters. The minimum Gasteiger partial charge on any atom is -0.341 e. The van der Waals surface area contributed by atoms with Crippen LogP contribution in [0.5, 0.6) is 0 Å². The average Bonchev–Trinajstić information content (AvgIpc) is 2.64. The predicted octanol–water partition coefficient (Wildman–Crippen LogP) is 2.44. The van der Waals surface area contributed by atoms with Crippen LogP contribution in [0.3, 0.4) is 0 Å². The summed E-state index contributed by atoms with van der Waals surface area (Å²) in [6.07, 6.45) is 1.65. The number of imidazole rings is 1. The molecule has 0 amide bonds. The molecule has 0 bridgehead atoms. The van der Waals surface area contributed by atoms with E-state index in [2.05, 4.69) is 25.9 Å². The van der Waals surface area contributed by atoms with E-state index in [1.165, 1.54) is 12.1 Å². The molecular formula is C10H9BrFN3. The third-order valence-electron chi connectivity index (χ3n) is 1.98. The summed E-state index contributed by atoms with van der Waals surface area (Å²) in [6, 6.07) is 4.61. The van der Waals surface area contributed by atoms with Gasteiger partial charge in [-0.3, -0.25) is 0 Å². The number of nitrogens with zero attached hydrogens (tertiary/aromatic N) is 1. The number of nitrogens with one attached hydrogen (secondary N) is 1. The van der Waals surface area contributed by atoms with Crippen molar-refractivity contribution in [1.29, 1.82) is 0 Å². The molecule has 0 saturated carbocycles. The standard InChI is InChI=1S/C10H9BrFN3/c11-7-1-6(2-8(12)3-7)10-14-5-9(4-13)15-10/h1-3,5H,4,13H2,(H,14,15). The Hall–Kier alpha value is -1.20. The SMILES string of the molecule is NCc1cnc(-c2cc(F)cc(Br)c2)[nH]1. The quantitative estimate of drug-likeness (QED) is 0.880. The van der Waals surface area contributed by atoms with Crippen molar-refractivity contribution in [1.82, 2.24) is 9.97 Å². The van der Waals surface area contributed by atoms with E-state index in [1.807, 2.05) is 0 Å². The van der Waals surface area contributed by atoms with Gasteiger partial charge in [0.05, 0.1) is 0 Å². The summed E-state index contributed by atoms with van der Waals surface area (Å²) in [6.45, 7) is 0.392. The highest BCUT2D eigenvalue weighted by molar-refractivity contribution is 9.10. The van der Waals surface area contributed by atoms with Crippen LogP contribution in [0.15, 0.2) is 28.9 Å². The number of H-pyrrole nitrogens is 1. The van der Waals surface area contributed by atoms with E-state index in [0.717, 1.165) is 5.69 Å². The van der Waals surface area contributed by atoms with Crippen LogP contribution in [0.25, 0.3) is 11.4 Å². The molecule has 2 aromatic rings. The summed E-state index contributed by atoms with van der Waals surface area (Å²) in [5.41, 5.74) is 6.97. The van der Waals surface area contributed by atoms with E-state index in [4.69, 9.17) is 5.73 Å². The molecule has 1 aromatic heterocycles. The highest BCUT2D eigenvalue weighted by Crippen LogP contribution is 2.22. The van der Waals surface area contributed by atoms with Gasteiger partial charge in [0.2, 0.25) is 0 Å². The maximum atomic E-state index is 13.1. The van der Waals surface area contributed by atoms with E-state index in [9.17, 15) is 4.39 Å². The molecule has 78 valence electrons. The van der Waals surface area contributed by atoms with Crippen molar-refractivity contribution in [2.75, 3.05) is 0 Å². The molecule has 0 aliphatic carbocycles. The van der Waals surface area contributed by atoms with Crippen LogP contribution < -0.4 is 5.73 Å². The maximum Gasteiger partial charge on any atom is 0.137 e. The average molecular weight is 270 g/mol. The Bertz CT molecular complexity index is 461. The molecule has 3 nitrogen and oxygen atoms in total. The lowest BCUT2D eigenvalue weighted by Gasteiger charge is -1.98. The second-order valence-corrected chi connectivity index (χ2v) is 4.03. The van der Waals surface area contributed by atoms with E-state index in [0.29, 0.717) is 22.4 Å². The predicted molar refractivity (Wildman–Crippen MR) is 59.6 cm³/mol. The Kier molecular flexibility index (Phi) is 2.83. The summed E-state index contributed by atoms with van der Waals surface area (Å²) in [5, 5.41) is 0.